The van der Waals surface area contributed by atoms with Crippen molar-refractivity contribution in [2.75, 3.05) is 6.54 Å². The number of aliphatic hydroxyl groups is 1. The summed E-state index contributed by atoms with van der Waals surface area (Å²) in [6, 6.07) is -1.45. The minimum absolute atomic E-state index is 0.148. The number of hydrogen-bond donors (Lipinski definition) is 4. The van der Waals surface area contributed by atoms with E-state index in [2.05, 4.69) is 10.6 Å². The van der Waals surface area contributed by atoms with Crippen molar-refractivity contribution in [3.63, 3.8) is 0 Å². The predicted octanol–water partition coefficient (Wildman–Crippen LogP) is -0.0435. The van der Waals surface area contributed by atoms with E-state index in [1.807, 2.05) is 13.8 Å². The van der Waals surface area contributed by atoms with Crippen molar-refractivity contribution in [2.24, 2.45) is 11.7 Å². The first kappa shape index (κ1) is 15.7. The monoisotopic (exact) mass is 245 g/mol. The molecule has 5 N–H and O–H groups in total. The van der Waals surface area contributed by atoms with E-state index in [1.165, 1.54) is 6.92 Å². The fourth-order valence-corrected chi connectivity index (χ4v) is 1.66. The number of nitrogens with two attached hydrogens (primary N) is 1. The first-order valence-corrected chi connectivity index (χ1v) is 5.70. The number of carbonyl (C=O) groups excluding carboxylic acids is 2. The largest absolute Gasteiger partial charge is 0.388 e. The van der Waals surface area contributed by atoms with E-state index in [0.29, 0.717) is 12.3 Å². The number of amides is 3. The molecule has 0 heterocycles. The van der Waals surface area contributed by atoms with Crippen molar-refractivity contribution in [1.82, 2.24) is 10.6 Å². The molecule has 17 heavy (non-hydrogen) atoms. The van der Waals surface area contributed by atoms with Crippen molar-refractivity contribution in [1.29, 1.82) is 0 Å². The van der Waals surface area contributed by atoms with Crippen LogP contribution >= 0.6 is 0 Å². The summed E-state index contributed by atoms with van der Waals surface area (Å²) < 4.78 is 0. The van der Waals surface area contributed by atoms with Crippen LogP contribution in [0.5, 0.6) is 0 Å². The molecule has 0 aliphatic carbocycles. The summed E-state index contributed by atoms with van der Waals surface area (Å²) in [6.45, 7) is 7.33. The lowest BCUT2D eigenvalue weighted by Crippen LogP contribution is -2.50. The summed E-state index contributed by atoms with van der Waals surface area (Å²) in [6.07, 6.45) is 0.588. The molecule has 0 spiro atoms. The maximum Gasteiger partial charge on any atom is 0.312 e. The second-order valence-electron chi connectivity index (χ2n) is 5.04. The molecule has 2 atom stereocenters. The van der Waals surface area contributed by atoms with Gasteiger partial charge in [-0.2, -0.15) is 0 Å². The van der Waals surface area contributed by atoms with Gasteiger partial charge < -0.3 is 21.5 Å². The number of carbonyl (C=O) groups is 2. The van der Waals surface area contributed by atoms with Crippen LogP contribution in [-0.2, 0) is 4.79 Å². The Morgan fingerprint density at radius 2 is 1.88 bits per heavy atom. The first-order valence-electron chi connectivity index (χ1n) is 5.70. The van der Waals surface area contributed by atoms with Gasteiger partial charge in [0.2, 0.25) is 5.91 Å². The van der Waals surface area contributed by atoms with Gasteiger partial charge in [0.1, 0.15) is 6.04 Å². The molecule has 0 radical (unpaired) electrons. The highest BCUT2D eigenvalue weighted by molar-refractivity contribution is 5.86. The van der Waals surface area contributed by atoms with E-state index in [9.17, 15) is 14.7 Å². The number of hydrogen-bond acceptors (Lipinski definition) is 3. The van der Waals surface area contributed by atoms with Crippen LogP contribution in [0, 0.1) is 5.92 Å². The van der Waals surface area contributed by atoms with Gasteiger partial charge in [-0.1, -0.05) is 13.8 Å². The lowest BCUT2D eigenvalue weighted by Gasteiger charge is -2.26. The highest BCUT2D eigenvalue weighted by Gasteiger charge is 2.24. The summed E-state index contributed by atoms with van der Waals surface area (Å²) in [5, 5.41) is 14.8. The molecule has 0 aromatic heterocycles. The third-order valence-electron chi connectivity index (χ3n) is 2.24. The Balaban J connectivity index is 4.10. The number of urea groups is 1. The van der Waals surface area contributed by atoms with Crippen LogP contribution in [0.3, 0.4) is 0 Å². The Bertz CT molecular complexity index is 277. The van der Waals surface area contributed by atoms with Crippen LogP contribution in [0.25, 0.3) is 0 Å². The van der Waals surface area contributed by atoms with Gasteiger partial charge >= 0.3 is 6.03 Å². The van der Waals surface area contributed by atoms with Gasteiger partial charge in [-0.25, -0.2) is 4.79 Å². The lowest BCUT2D eigenvalue weighted by atomic mass is 9.94. The fraction of sp³-hybridized carbons (Fsp3) is 0.818. The van der Waals surface area contributed by atoms with E-state index in [4.69, 9.17) is 5.73 Å². The lowest BCUT2D eigenvalue weighted by molar-refractivity contribution is -0.123. The molecule has 0 saturated heterocycles. The average Bonchev–Trinajstić information content (AvgIpc) is 2.11. The highest BCUT2D eigenvalue weighted by Crippen LogP contribution is 2.14. The summed E-state index contributed by atoms with van der Waals surface area (Å²) in [5.74, 6) is -0.0316. The molecular weight excluding hydrogens is 222 g/mol. The van der Waals surface area contributed by atoms with Crippen molar-refractivity contribution < 1.29 is 14.7 Å². The fourth-order valence-electron chi connectivity index (χ4n) is 1.66. The smallest absolute Gasteiger partial charge is 0.312 e. The minimum atomic E-state index is -0.948. The molecule has 2 unspecified atom stereocenters. The van der Waals surface area contributed by atoms with Crippen molar-refractivity contribution >= 4 is 11.9 Å². The normalized spacial score (nSPS) is 16.1. The topological polar surface area (TPSA) is 104 Å². The number of nitrogens with one attached hydrogen (secondary N) is 2. The molecule has 0 bridgehead atoms. The van der Waals surface area contributed by atoms with Gasteiger partial charge in [0.05, 0.1) is 5.60 Å². The van der Waals surface area contributed by atoms with Gasteiger partial charge in [-0.05, 0) is 26.2 Å². The third kappa shape index (κ3) is 7.57. The molecule has 0 aromatic carbocycles. The van der Waals surface area contributed by atoms with Crippen LogP contribution in [0.1, 0.15) is 34.1 Å². The Morgan fingerprint density at radius 1 is 1.35 bits per heavy atom. The van der Waals surface area contributed by atoms with Gasteiger partial charge in [-0.3, -0.25) is 4.79 Å². The molecule has 0 saturated carbocycles. The number of rotatable bonds is 6. The predicted molar refractivity (Wildman–Crippen MR) is 65.3 cm³/mol. The summed E-state index contributed by atoms with van der Waals surface area (Å²) in [4.78, 5) is 22.1. The van der Waals surface area contributed by atoms with E-state index >= 15 is 0 Å². The van der Waals surface area contributed by atoms with Gasteiger partial charge in [-0.15, -0.1) is 0 Å². The quantitative estimate of drug-likeness (QED) is 0.527. The summed E-state index contributed by atoms with van der Waals surface area (Å²) in [7, 11) is 0. The van der Waals surface area contributed by atoms with Gasteiger partial charge in [0, 0.05) is 6.54 Å². The second-order valence-corrected chi connectivity index (χ2v) is 5.04. The van der Waals surface area contributed by atoms with Crippen LogP contribution < -0.4 is 16.4 Å². The van der Waals surface area contributed by atoms with E-state index in [1.54, 1.807) is 6.92 Å². The highest BCUT2D eigenvalue weighted by atomic mass is 16.3. The Hall–Kier alpha value is -1.30. The minimum Gasteiger partial charge on any atom is -0.388 e. The molecule has 100 valence electrons. The summed E-state index contributed by atoms with van der Waals surface area (Å²) in [5.41, 5.74) is 3.95. The standard InChI is InChI=1S/C11H23N3O3/c1-7(2)5-11(4,17)6-13-9(15)8(3)14-10(12)16/h7-8,17H,5-6H2,1-4H3,(H,13,15)(H3,12,14,16). The zero-order valence-electron chi connectivity index (χ0n) is 10.9. The molecule has 0 fully saturated rings. The maximum atomic E-state index is 11.5. The molecule has 0 aromatic rings. The molecule has 3 amide bonds. The first-order chi connectivity index (χ1) is 7.64. The Kier molecular flexibility index (Phi) is 5.95. The molecule has 0 aliphatic heterocycles. The average molecular weight is 245 g/mol. The third-order valence-corrected chi connectivity index (χ3v) is 2.24. The van der Waals surface area contributed by atoms with Crippen molar-refractivity contribution in [3.05, 3.63) is 0 Å². The summed E-state index contributed by atoms with van der Waals surface area (Å²) >= 11 is 0. The number of primary amides is 1. The van der Waals surface area contributed by atoms with Crippen molar-refractivity contribution in [2.45, 2.75) is 45.8 Å². The van der Waals surface area contributed by atoms with E-state index < -0.39 is 17.7 Å². The van der Waals surface area contributed by atoms with Crippen LogP contribution in [-0.4, -0.2) is 35.2 Å². The van der Waals surface area contributed by atoms with Crippen molar-refractivity contribution in [3.8, 4) is 0 Å². The zero-order valence-corrected chi connectivity index (χ0v) is 10.9. The van der Waals surface area contributed by atoms with Gasteiger partial charge in [0.15, 0.2) is 0 Å². The molecule has 0 aliphatic rings. The van der Waals surface area contributed by atoms with Gasteiger partial charge in [0.25, 0.3) is 0 Å². The zero-order chi connectivity index (χ0) is 13.6. The Labute approximate surface area is 102 Å². The van der Waals surface area contributed by atoms with Crippen LogP contribution in [0.2, 0.25) is 0 Å². The molecule has 6 nitrogen and oxygen atoms in total. The SMILES string of the molecule is CC(C)CC(C)(O)CNC(=O)C(C)NC(N)=O. The second kappa shape index (κ2) is 6.44. The molecule has 0 rings (SSSR count). The van der Waals surface area contributed by atoms with Crippen LogP contribution in [0.4, 0.5) is 4.79 Å². The van der Waals surface area contributed by atoms with E-state index in [0.717, 1.165) is 0 Å². The van der Waals surface area contributed by atoms with Crippen LogP contribution in [0.15, 0.2) is 0 Å². The molecule has 6 heteroatoms. The maximum absolute atomic E-state index is 11.5. The Morgan fingerprint density at radius 3 is 2.29 bits per heavy atom. The van der Waals surface area contributed by atoms with E-state index in [-0.39, 0.29) is 12.5 Å². The molecular formula is C11H23N3O3.